The minimum absolute atomic E-state index is 0.0560. The Bertz CT molecular complexity index is 634. The molecule has 1 heterocycles. The predicted octanol–water partition coefficient (Wildman–Crippen LogP) is -0.699. The van der Waals surface area contributed by atoms with E-state index in [0.717, 1.165) is 0 Å². The van der Waals surface area contributed by atoms with Crippen LogP contribution in [0, 0.1) is 0 Å². The van der Waals surface area contributed by atoms with Crippen LogP contribution in [0.5, 0.6) is 0 Å². The van der Waals surface area contributed by atoms with E-state index in [1.165, 1.54) is 14.0 Å². The van der Waals surface area contributed by atoms with Crippen molar-refractivity contribution in [3.63, 3.8) is 0 Å². The second kappa shape index (κ2) is 12.5. The molecule has 3 N–H and O–H groups in total. The fourth-order valence-electron chi connectivity index (χ4n) is 2.66. The van der Waals surface area contributed by atoms with Crippen molar-refractivity contribution in [1.29, 1.82) is 0 Å². The second-order valence-electron chi connectivity index (χ2n) is 6.61. The summed E-state index contributed by atoms with van der Waals surface area (Å²) >= 11 is 0. The molecule has 1 aliphatic heterocycles. The summed E-state index contributed by atoms with van der Waals surface area (Å²) in [5.41, 5.74) is 0. The Morgan fingerprint density at radius 1 is 1.03 bits per heavy atom. The number of nitrogens with zero attached hydrogens (tertiary/aromatic N) is 1. The highest BCUT2D eigenvalue weighted by atomic mass is 16.7. The maximum Gasteiger partial charge on any atom is 0.333 e. The van der Waals surface area contributed by atoms with Crippen LogP contribution in [0.1, 0.15) is 58.3 Å². The average Bonchev–Trinajstić information content (AvgIpc) is 2.98. The van der Waals surface area contributed by atoms with Crippen molar-refractivity contribution >= 4 is 35.5 Å². The van der Waals surface area contributed by atoms with E-state index in [4.69, 9.17) is 4.84 Å². The van der Waals surface area contributed by atoms with Crippen molar-refractivity contribution < 1.29 is 33.6 Å². The monoisotopic (exact) mass is 412 g/mol. The number of amides is 5. The van der Waals surface area contributed by atoms with Crippen molar-refractivity contribution in [2.24, 2.45) is 0 Å². The summed E-state index contributed by atoms with van der Waals surface area (Å²) in [5, 5.41) is 8.16. The van der Waals surface area contributed by atoms with Crippen LogP contribution in [0.3, 0.4) is 0 Å². The van der Waals surface area contributed by atoms with Gasteiger partial charge in [-0.15, -0.1) is 5.06 Å². The minimum atomic E-state index is -0.761. The van der Waals surface area contributed by atoms with E-state index in [-0.39, 0.29) is 49.8 Å². The Balaban J connectivity index is 2.13. The molecule has 11 heteroatoms. The molecule has 0 spiro atoms. The Kier molecular flexibility index (Phi) is 10.3. The number of carbonyl (C=O) groups is 6. The number of hydroxylamine groups is 2. The van der Waals surface area contributed by atoms with Crippen LogP contribution in [-0.2, 0) is 33.6 Å². The molecule has 0 aromatic heterocycles. The molecule has 1 unspecified atom stereocenters. The molecule has 0 aromatic rings. The standard InChI is InChI=1S/C18H28N4O7/c1-12(23)21-13(18(28)19-2)7-8-14(24)20-11-5-3-4-6-17(27)29-22-15(25)9-10-16(22)26/h13H,3-11H2,1-2H3,(H,19,28)(H,20,24)(H,21,23). The van der Waals surface area contributed by atoms with E-state index in [2.05, 4.69) is 16.0 Å². The molecule has 1 fully saturated rings. The minimum Gasteiger partial charge on any atom is -0.357 e. The van der Waals surface area contributed by atoms with Gasteiger partial charge in [-0.05, 0) is 19.3 Å². The first-order chi connectivity index (χ1) is 13.7. The zero-order valence-corrected chi connectivity index (χ0v) is 16.7. The molecule has 29 heavy (non-hydrogen) atoms. The molecule has 1 aliphatic rings. The summed E-state index contributed by atoms with van der Waals surface area (Å²) in [6, 6.07) is -0.761. The summed E-state index contributed by atoms with van der Waals surface area (Å²) in [7, 11) is 1.45. The number of imide groups is 1. The molecule has 11 nitrogen and oxygen atoms in total. The van der Waals surface area contributed by atoms with E-state index in [9.17, 15) is 28.8 Å². The predicted molar refractivity (Wildman–Crippen MR) is 99.6 cm³/mol. The molecule has 0 aliphatic carbocycles. The Morgan fingerprint density at radius 2 is 1.69 bits per heavy atom. The summed E-state index contributed by atoms with van der Waals surface area (Å²) < 4.78 is 0. The number of rotatable bonds is 12. The normalized spacial score (nSPS) is 14.3. The van der Waals surface area contributed by atoms with Gasteiger partial charge in [0.1, 0.15) is 6.04 Å². The summed E-state index contributed by atoms with van der Waals surface area (Å²) in [6.07, 6.45) is 2.21. The van der Waals surface area contributed by atoms with Gasteiger partial charge < -0.3 is 20.8 Å². The molecule has 1 rings (SSSR count). The van der Waals surface area contributed by atoms with Gasteiger partial charge in [0.05, 0.1) is 0 Å². The first-order valence-corrected chi connectivity index (χ1v) is 9.56. The lowest BCUT2D eigenvalue weighted by Gasteiger charge is -2.16. The van der Waals surface area contributed by atoms with Crippen molar-refractivity contribution in [2.45, 2.75) is 64.3 Å². The zero-order valence-electron chi connectivity index (χ0n) is 16.7. The highest BCUT2D eigenvalue weighted by molar-refractivity contribution is 6.01. The van der Waals surface area contributed by atoms with E-state index >= 15 is 0 Å². The van der Waals surface area contributed by atoms with Crippen molar-refractivity contribution in [2.75, 3.05) is 13.6 Å². The number of hydrogen-bond acceptors (Lipinski definition) is 7. The Labute approximate surface area is 168 Å². The van der Waals surface area contributed by atoms with Crippen LogP contribution in [0.4, 0.5) is 0 Å². The molecular weight excluding hydrogens is 384 g/mol. The first-order valence-electron chi connectivity index (χ1n) is 9.56. The maximum absolute atomic E-state index is 11.8. The van der Waals surface area contributed by atoms with Gasteiger partial charge >= 0.3 is 5.97 Å². The molecule has 5 amide bonds. The van der Waals surface area contributed by atoms with E-state index < -0.39 is 23.8 Å². The molecule has 0 saturated carbocycles. The van der Waals surface area contributed by atoms with E-state index in [0.29, 0.717) is 30.9 Å². The van der Waals surface area contributed by atoms with Gasteiger partial charge in [-0.2, -0.15) is 0 Å². The van der Waals surface area contributed by atoms with Gasteiger partial charge in [0.2, 0.25) is 17.7 Å². The quantitative estimate of drug-likeness (QED) is 0.283. The highest BCUT2D eigenvalue weighted by Crippen LogP contribution is 2.13. The van der Waals surface area contributed by atoms with Crippen LogP contribution in [0.2, 0.25) is 0 Å². The third-order valence-corrected chi connectivity index (χ3v) is 4.18. The molecule has 0 aromatic carbocycles. The largest absolute Gasteiger partial charge is 0.357 e. The van der Waals surface area contributed by atoms with E-state index in [1.54, 1.807) is 0 Å². The van der Waals surface area contributed by atoms with Crippen LogP contribution in [0.15, 0.2) is 0 Å². The van der Waals surface area contributed by atoms with Gasteiger partial charge in [0.25, 0.3) is 11.8 Å². The Hall–Kier alpha value is -2.98. The number of carbonyl (C=O) groups excluding carboxylic acids is 6. The highest BCUT2D eigenvalue weighted by Gasteiger charge is 2.32. The van der Waals surface area contributed by atoms with Crippen LogP contribution < -0.4 is 16.0 Å². The fourth-order valence-corrected chi connectivity index (χ4v) is 2.66. The van der Waals surface area contributed by atoms with Gasteiger partial charge in [-0.1, -0.05) is 6.42 Å². The molecule has 162 valence electrons. The van der Waals surface area contributed by atoms with Crippen molar-refractivity contribution in [1.82, 2.24) is 21.0 Å². The average molecular weight is 412 g/mol. The topological polar surface area (TPSA) is 151 Å². The van der Waals surface area contributed by atoms with Gasteiger partial charge in [-0.3, -0.25) is 24.0 Å². The van der Waals surface area contributed by atoms with Gasteiger partial charge in [-0.25, -0.2) is 4.79 Å². The second-order valence-corrected chi connectivity index (χ2v) is 6.61. The summed E-state index contributed by atoms with van der Waals surface area (Å²) in [4.78, 5) is 73.7. The first kappa shape index (κ1) is 24.1. The SMILES string of the molecule is CNC(=O)C(CCC(=O)NCCCCCC(=O)ON1C(=O)CCC1=O)NC(C)=O. The zero-order chi connectivity index (χ0) is 21.8. The third-order valence-electron chi connectivity index (χ3n) is 4.18. The smallest absolute Gasteiger partial charge is 0.333 e. The van der Waals surface area contributed by atoms with Crippen LogP contribution >= 0.6 is 0 Å². The number of likely N-dealkylation sites (N-methyl/N-ethyl adjacent to an activating group) is 1. The molecular formula is C18H28N4O7. The molecule has 0 radical (unpaired) electrons. The summed E-state index contributed by atoms with van der Waals surface area (Å²) in [5.74, 6) is -2.62. The van der Waals surface area contributed by atoms with Crippen LogP contribution in [-0.4, -0.2) is 60.2 Å². The van der Waals surface area contributed by atoms with E-state index in [1.807, 2.05) is 0 Å². The van der Waals surface area contributed by atoms with Crippen molar-refractivity contribution in [3.05, 3.63) is 0 Å². The Morgan fingerprint density at radius 3 is 2.28 bits per heavy atom. The van der Waals surface area contributed by atoms with Gasteiger partial charge in [0, 0.05) is 46.2 Å². The van der Waals surface area contributed by atoms with Crippen LogP contribution in [0.25, 0.3) is 0 Å². The third kappa shape index (κ3) is 9.17. The molecule has 1 saturated heterocycles. The summed E-state index contributed by atoms with van der Waals surface area (Å²) in [6.45, 7) is 1.70. The number of unbranched alkanes of at least 4 members (excludes halogenated alkanes) is 2. The lowest BCUT2D eigenvalue weighted by atomic mass is 10.1. The van der Waals surface area contributed by atoms with Crippen molar-refractivity contribution in [3.8, 4) is 0 Å². The lowest BCUT2D eigenvalue weighted by molar-refractivity contribution is -0.197. The maximum atomic E-state index is 11.8. The fraction of sp³-hybridized carbons (Fsp3) is 0.667. The van der Waals surface area contributed by atoms with Gasteiger partial charge in [0.15, 0.2) is 0 Å². The number of hydrogen-bond donors (Lipinski definition) is 3. The molecule has 0 bridgehead atoms. The molecule has 1 atom stereocenters. The lowest BCUT2D eigenvalue weighted by Crippen LogP contribution is -2.45. The number of nitrogens with one attached hydrogen (secondary N) is 3.